The fourth-order valence-electron chi connectivity index (χ4n) is 2.33. The molecule has 0 fully saturated rings. The van der Waals surface area contributed by atoms with E-state index in [1.54, 1.807) is 0 Å². The van der Waals surface area contributed by atoms with E-state index >= 15 is 0 Å². The van der Waals surface area contributed by atoms with Gasteiger partial charge in [0.25, 0.3) is 0 Å². The van der Waals surface area contributed by atoms with E-state index in [0.717, 1.165) is 24.8 Å². The molecule has 0 spiro atoms. The van der Waals surface area contributed by atoms with Crippen LogP contribution in [0.4, 0.5) is 0 Å². The lowest BCUT2D eigenvalue weighted by atomic mass is 10.1. The van der Waals surface area contributed by atoms with E-state index in [1.807, 2.05) is 49.4 Å². The summed E-state index contributed by atoms with van der Waals surface area (Å²) in [5.74, 6) is 0.513. The highest BCUT2D eigenvalue weighted by Crippen LogP contribution is 2.20. The van der Waals surface area contributed by atoms with Crippen molar-refractivity contribution in [2.75, 3.05) is 0 Å². The Hall–Kier alpha value is -1.83. The number of carbonyl (C=O) groups excluding carboxylic acids is 1. The maximum absolute atomic E-state index is 11.9. The highest BCUT2D eigenvalue weighted by atomic mass is 16.5. The molecule has 0 saturated carbocycles. The second-order valence-electron chi connectivity index (χ2n) is 5.46. The molecule has 0 heterocycles. The predicted molar refractivity (Wildman–Crippen MR) is 93.9 cm³/mol. The fourth-order valence-corrected chi connectivity index (χ4v) is 2.33. The molecule has 0 atom stereocenters. The first kappa shape index (κ1) is 18.2. The normalized spacial score (nSPS) is 10.8. The molecule has 0 bridgehead atoms. The molecule has 0 radical (unpaired) electrons. The van der Waals surface area contributed by atoms with Crippen molar-refractivity contribution in [3.05, 3.63) is 48.6 Å². The lowest BCUT2D eigenvalue weighted by Crippen LogP contribution is -2.08. The number of allylic oxidation sites excluding steroid dienone is 2. The summed E-state index contributed by atoms with van der Waals surface area (Å²) in [5.41, 5.74) is 0.945. The number of benzene rings is 1. The van der Waals surface area contributed by atoms with E-state index in [1.165, 1.54) is 25.7 Å². The first-order valence-electron chi connectivity index (χ1n) is 8.31. The number of hydrogen-bond acceptors (Lipinski definition) is 2. The zero-order chi connectivity index (χ0) is 16.0. The number of hydrogen-bond donors (Lipinski definition) is 0. The average Bonchev–Trinajstić information content (AvgIpc) is 2.52. The zero-order valence-electron chi connectivity index (χ0n) is 13.7. The second kappa shape index (κ2) is 11.8. The molecular weight excluding hydrogens is 272 g/mol. The quantitative estimate of drug-likeness (QED) is 0.219. The summed E-state index contributed by atoms with van der Waals surface area (Å²) in [4.78, 5) is 11.9. The van der Waals surface area contributed by atoms with Crippen LogP contribution in [0, 0.1) is 0 Å². The van der Waals surface area contributed by atoms with Crippen molar-refractivity contribution in [3.63, 3.8) is 0 Å². The Morgan fingerprint density at radius 3 is 2.50 bits per heavy atom. The zero-order valence-corrected chi connectivity index (χ0v) is 13.7. The number of rotatable bonds is 11. The fraction of sp³-hybridized carbons (Fsp3) is 0.450. The van der Waals surface area contributed by atoms with Gasteiger partial charge in [-0.05, 0) is 32.3 Å². The summed E-state index contributed by atoms with van der Waals surface area (Å²) in [6, 6.07) is 7.62. The first-order chi connectivity index (χ1) is 10.8. The number of ether oxygens (including phenoxy) is 1. The van der Waals surface area contributed by atoms with Gasteiger partial charge < -0.3 is 4.74 Å². The van der Waals surface area contributed by atoms with Crippen LogP contribution in [-0.4, -0.2) is 5.97 Å². The van der Waals surface area contributed by atoms with Crippen molar-refractivity contribution in [1.82, 2.24) is 0 Å². The Labute approximate surface area is 134 Å². The van der Waals surface area contributed by atoms with E-state index in [-0.39, 0.29) is 5.97 Å². The summed E-state index contributed by atoms with van der Waals surface area (Å²) < 4.78 is 5.46. The molecule has 1 aromatic carbocycles. The standard InChI is InChI=1S/C20H28O2/c1-3-5-6-7-8-9-10-11-17-20(21)22-19-16-13-12-15-18(19)14-4-2/h3-4,12-16H,1,5-11,17H2,2H3. The van der Waals surface area contributed by atoms with Gasteiger partial charge in [-0.3, -0.25) is 4.79 Å². The Bertz CT molecular complexity index is 474. The molecule has 1 aromatic rings. The van der Waals surface area contributed by atoms with Gasteiger partial charge >= 0.3 is 5.97 Å². The van der Waals surface area contributed by atoms with Crippen molar-refractivity contribution < 1.29 is 9.53 Å². The van der Waals surface area contributed by atoms with Crippen LogP contribution in [0.2, 0.25) is 0 Å². The number of para-hydroxylation sites is 1. The smallest absolute Gasteiger partial charge is 0.311 e. The Morgan fingerprint density at radius 1 is 1.09 bits per heavy atom. The van der Waals surface area contributed by atoms with E-state index < -0.39 is 0 Å². The lowest BCUT2D eigenvalue weighted by Gasteiger charge is -2.07. The lowest BCUT2D eigenvalue weighted by molar-refractivity contribution is -0.134. The van der Waals surface area contributed by atoms with Crippen LogP contribution in [0.15, 0.2) is 43.0 Å². The summed E-state index contributed by atoms with van der Waals surface area (Å²) >= 11 is 0. The topological polar surface area (TPSA) is 26.3 Å². The van der Waals surface area contributed by atoms with Crippen LogP contribution in [0.1, 0.15) is 63.9 Å². The predicted octanol–water partition coefficient (Wildman–Crippen LogP) is 5.93. The third-order valence-electron chi connectivity index (χ3n) is 3.53. The molecule has 2 heteroatoms. The van der Waals surface area contributed by atoms with Crippen molar-refractivity contribution in [2.45, 2.75) is 58.3 Å². The highest BCUT2D eigenvalue weighted by molar-refractivity contribution is 5.74. The first-order valence-corrected chi connectivity index (χ1v) is 8.31. The summed E-state index contributed by atoms with van der Waals surface area (Å²) in [7, 11) is 0. The van der Waals surface area contributed by atoms with Crippen LogP contribution in [-0.2, 0) is 4.79 Å². The van der Waals surface area contributed by atoms with Gasteiger partial charge in [-0.25, -0.2) is 0 Å². The maximum atomic E-state index is 11.9. The molecule has 2 nitrogen and oxygen atoms in total. The third-order valence-corrected chi connectivity index (χ3v) is 3.53. The molecule has 0 amide bonds. The van der Waals surface area contributed by atoms with Gasteiger partial charge in [-0.15, -0.1) is 6.58 Å². The van der Waals surface area contributed by atoms with Gasteiger partial charge in [0.15, 0.2) is 0 Å². The van der Waals surface area contributed by atoms with E-state index in [9.17, 15) is 4.79 Å². The van der Waals surface area contributed by atoms with Crippen molar-refractivity contribution in [2.24, 2.45) is 0 Å². The van der Waals surface area contributed by atoms with E-state index in [4.69, 9.17) is 4.74 Å². The van der Waals surface area contributed by atoms with Crippen molar-refractivity contribution >= 4 is 12.0 Å². The highest BCUT2D eigenvalue weighted by Gasteiger charge is 2.07. The SMILES string of the molecule is C=CCCCCCCCCC(=O)Oc1ccccc1C=CC. The molecule has 0 unspecified atom stereocenters. The van der Waals surface area contributed by atoms with Gasteiger partial charge in [0.05, 0.1) is 0 Å². The van der Waals surface area contributed by atoms with E-state index in [0.29, 0.717) is 12.2 Å². The largest absolute Gasteiger partial charge is 0.426 e. The number of carbonyl (C=O) groups is 1. The minimum absolute atomic E-state index is 0.136. The van der Waals surface area contributed by atoms with Crippen LogP contribution in [0.25, 0.3) is 6.08 Å². The molecule has 0 aliphatic carbocycles. The third kappa shape index (κ3) is 7.82. The van der Waals surface area contributed by atoms with Gasteiger partial charge in [0.2, 0.25) is 0 Å². The number of esters is 1. The van der Waals surface area contributed by atoms with Crippen molar-refractivity contribution in [1.29, 1.82) is 0 Å². The average molecular weight is 300 g/mol. The molecule has 0 N–H and O–H groups in total. The summed E-state index contributed by atoms with van der Waals surface area (Å²) in [6.07, 6.45) is 14.4. The van der Waals surface area contributed by atoms with Crippen LogP contribution in [0.5, 0.6) is 5.75 Å². The molecule has 0 aliphatic rings. The second-order valence-corrected chi connectivity index (χ2v) is 5.46. The van der Waals surface area contributed by atoms with Gasteiger partial charge in [0.1, 0.15) is 5.75 Å². The molecule has 0 saturated heterocycles. The molecule has 0 aromatic heterocycles. The Kier molecular flexibility index (Phi) is 9.76. The monoisotopic (exact) mass is 300 g/mol. The van der Waals surface area contributed by atoms with Crippen LogP contribution in [0.3, 0.4) is 0 Å². The maximum Gasteiger partial charge on any atom is 0.311 e. The molecule has 0 aliphatic heterocycles. The van der Waals surface area contributed by atoms with Crippen LogP contribution < -0.4 is 4.74 Å². The molecule has 1 rings (SSSR count). The minimum Gasteiger partial charge on any atom is -0.426 e. The molecule has 22 heavy (non-hydrogen) atoms. The van der Waals surface area contributed by atoms with Gasteiger partial charge in [0, 0.05) is 12.0 Å². The Morgan fingerprint density at radius 2 is 1.77 bits per heavy atom. The van der Waals surface area contributed by atoms with Gasteiger partial charge in [-0.1, -0.05) is 62.1 Å². The number of unbranched alkanes of at least 4 members (excludes halogenated alkanes) is 6. The van der Waals surface area contributed by atoms with Gasteiger partial charge in [-0.2, -0.15) is 0 Å². The van der Waals surface area contributed by atoms with Crippen LogP contribution >= 0.6 is 0 Å². The summed E-state index contributed by atoms with van der Waals surface area (Å²) in [5, 5.41) is 0. The molecule has 120 valence electrons. The van der Waals surface area contributed by atoms with Crippen molar-refractivity contribution in [3.8, 4) is 5.75 Å². The molecular formula is C20H28O2. The summed E-state index contributed by atoms with van der Waals surface area (Å²) in [6.45, 7) is 5.68. The Balaban J connectivity index is 2.20. The van der Waals surface area contributed by atoms with E-state index in [2.05, 4.69) is 6.58 Å². The minimum atomic E-state index is -0.136.